The molecule has 1 spiro atoms. The number of ether oxygens (including phenoxy) is 1. The molecule has 1 unspecified atom stereocenters. The third-order valence-electron chi connectivity index (χ3n) is 4.49. The number of rotatable bonds is 3. The van der Waals surface area contributed by atoms with Gasteiger partial charge < -0.3 is 14.6 Å². The maximum Gasteiger partial charge on any atom is 0.240 e. The molecule has 1 amide bonds. The van der Waals surface area contributed by atoms with Crippen LogP contribution in [0, 0.1) is 5.41 Å². The molecule has 1 aromatic heterocycles. The third kappa shape index (κ3) is 2.17. The number of nitrogens with zero attached hydrogens (tertiary/aromatic N) is 1. The average Bonchev–Trinajstić information content (AvgIpc) is 2.88. The summed E-state index contributed by atoms with van der Waals surface area (Å²) in [6.45, 7) is 2.13. The van der Waals surface area contributed by atoms with Crippen LogP contribution in [0.5, 0.6) is 0 Å². The number of carbonyl (C=O) groups is 1. The third-order valence-corrected chi connectivity index (χ3v) is 4.49. The summed E-state index contributed by atoms with van der Waals surface area (Å²) in [5.74, 6) is 0.127. The highest BCUT2D eigenvalue weighted by molar-refractivity contribution is 5.76. The fraction of sp³-hybridized carbons (Fsp3) is 0.643. The average molecular weight is 248 g/mol. The van der Waals surface area contributed by atoms with Crippen molar-refractivity contribution in [2.75, 3.05) is 13.2 Å². The van der Waals surface area contributed by atoms with E-state index in [0.29, 0.717) is 18.0 Å². The van der Waals surface area contributed by atoms with E-state index in [1.54, 1.807) is 0 Å². The molecular formula is C14H20N2O2. The van der Waals surface area contributed by atoms with Gasteiger partial charge in [0.1, 0.15) is 6.54 Å². The minimum absolute atomic E-state index is 0.127. The van der Waals surface area contributed by atoms with E-state index < -0.39 is 0 Å². The molecule has 1 atom stereocenters. The lowest BCUT2D eigenvalue weighted by Gasteiger charge is -2.52. The van der Waals surface area contributed by atoms with Crippen molar-refractivity contribution in [2.24, 2.45) is 5.41 Å². The Labute approximate surface area is 107 Å². The molecule has 0 aromatic carbocycles. The molecule has 1 aromatic rings. The van der Waals surface area contributed by atoms with Crippen molar-refractivity contribution >= 4 is 5.91 Å². The maximum absolute atomic E-state index is 12.0. The number of amides is 1. The van der Waals surface area contributed by atoms with Gasteiger partial charge in [-0.3, -0.25) is 4.79 Å². The Hall–Kier alpha value is -1.29. The normalized spacial score (nSPS) is 25.7. The van der Waals surface area contributed by atoms with E-state index in [4.69, 9.17) is 4.74 Å². The number of carbonyl (C=O) groups excluding carboxylic acids is 1. The topological polar surface area (TPSA) is 43.3 Å². The first-order valence-corrected chi connectivity index (χ1v) is 6.76. The van der Waals surface area contributed by atoms with Crippen LogP contribution < -0.4 is 5.32 Å². The molecule has 18 heavy (non-hydrogen) atoms. The molecular weight excluding hydrogens is 228 g/mol. The van der Waals surface area contributed by atoms with Crippen molar-refractivity contribution in [3.05, 3.63) is 24.5 Å². The first-order chi connectivity index (χ1) is 8.78. The largest absolute Gasteiger partial charge is 0.381 e. The lowest BCUT2D eigenvalue weighted by Crippen LogP contribution is -2.57. The lowest BCUT2D eigenvalue weighted by molar-refractivity contribution is -0.127. The van der Waals surface area contributed by atoms with Crippen LogP contribution in [0.1, 0.15) is 25.7 Å². The summed E-state index contributed by atoms with van der Waals surface area (Å²) in [6.07, 6.45) is 8.40. The molecule has 2 heterocycles. The Morgan fingerprint density at radius 1 is 1.28 bits per heavy atom. The van der Waals surface area contributed by atoms with Crippen LogP contribution in [0.15, 0.2) is 24.5 Å². The zero-order chi connectivity index (χ0) is 12.4. The number of hydrogen-bond acceptors (Lipinski definition) is 2. The van der Waals surface area contributed by atoms with Crippen LogP contribution in [0.25, 0.3) is 0 Å². The van der Waals surface area contributed by atoms with Crippen LogP contribution in [0.3, 0.4) is 0 Å². The summed E-state index contributed by atoms with van der Waals surface area (Å²) in [6, 6.07) is 4.25. The van der Waals surface area contributed by atoms with Crippen molar-refractivity contribution in [3.63, 3.8) is 0 Å². The molecule has 1 saturated heterocycles. The highest BCUT2D eigenvalue weighted by Gasteiger charge is 2.47. The smallest absolute Gasteiger partial charge is 0.240 e. The van der Waals surface area contributed by atoms with Crippen LogP contribution in [-0.4, -0.2) is 29.7 Å². The Balaban J connectivity index is 1.55. The fourth-order valence-electron chi connectivity index (χ4n) is 3.18. The second kappa shape index (κ2) is 4.76. The minimum atomic E-state index is 0.127. The summed E-state index contributed by atoms with van der Waals surface area (Å²) >= 11 is 0. The summed E-state index contributed by atoms with van der Waals surface area (Å²) in [5.41, 5.74) is 0.338. The SMILES string of the molecule is O=C(Cn1cccc1)NC1CCC12CCOCC2. The molecule has 0 radical (unpaired) electrons. The molecule has 1 aliphatic carbocycles. The van der Waals surface area contributed by atoms with Crippen molar-refractivity contribution in [1.82, 2.24) is 9.88 Å². The number of nitrogens with one attached hydrogen (secondary N) is 1. The summed E-state index contributed by atoms with van der Waals surface area (Å²) in [5, 5.41) is 3.20. The molecule has 2 aliphatic rings. The molecule has 4 heteroatoms. The van der Waals surface area contributed by atoms with Crippen molar-refractivity contribution in [1.29, 1.82) is 0 Å². The van der Waals surface area contributed by atoms with Crippen molar-refractivity contribution < 1.29 is 9.53 Å². The van der Waals surface area contributed by atoms with Crippen molar-refractivity contribution in [2.45, 2.75) is 38.3 Å². The van der Waals surface area contributed by atoms with Gasteiger partial charge in [-0.1, -0.05) is 0 Å². The number of hydrogen-bond donors (Lipinski definition) is 1. The van der Waals surface area contributed by atoms with E-state index in [-0.39, 0.29) is 5.91 Å². The predicted octanol–water partition coefficient (Wildman–Crippen LogP) is 1.56. The summed E-state index contributed by atoms with van der Waals surface area (Å²) in [7, 11) is 0. The highest BCUT2D eigenvalue weighted by Crippen LogP contribution is 2.48. The minimum Gasteiger partial charge on any atom is -0.381 e. The summed E-state index contributed by atoms with van der Waals surface area (Å²) in [4.78, 5) is 12.0. The van der Waals surface area contributed by atoms with E-state index in [1.165, 1.54) is 6.42 Å². The van der Waals surface area contributed by atoms with E-state index in [1.807, 2.05) is 29.1 Å². The quantitative estimate of drug-likeness (QED) is 0.882. The van der Waals surface area contributed by atoms with Gasteiger partial charge in [0.05, 0.1) is 0 Å². The van der Waals surface area contributed by atoms with Gasteiger partial charge in [-0.2, -0.15) is 0 Å². The highest BCUT2D eigenvalue weighted by atomic mass is 16.5. The maximum atomic E-state index is 12.0. The second-order valence-corrected chi connectivity index (χ2v) is 5.49. The first-order valence-electron chi connectivity index (χ1n) is 6.76. The van der Waals surface area contributed by atoms with Crippen LogP contribution in [-0.2, 0) is 16.1 Å². The Morgan fingerprint density at radius 3 is 2.61 bits per heavy atom. The monoisotopic (exact) mass is 248 g/mol. The van der Waals surface area contributed by atoms with Gasteiger partial charge in [0, 0.05) is 31.6 Å². The zero-order valence-corrected chi connectivity index (χ0v) is 10.6. The zero-order valence-electron chi connectivity index (χ0n) is 10.6. The molecule has 2 fully saturated rings. The van der Waals surface area contributed by atoms with Gasteiger partial charge >= 0.3 is 0 Å². The molecule has 98 valence electrons. The lowest BCUT2D eigenvalue weighted by atomic mass is 9.60. The summed E-state index contributed by atoms with van der Waals surface area (Å²) < 4.78 is 7.33. The Bertz CT molecular complexity index is 407. The van der Waals surface area contributed by atoms with Crippen LogP contribution in [0.2, 0.25) is 0 Å². The van der Waals surface area contributed by atoms with Gasteiger partial charge in [-0.05, 0) is 43.2 Å². The van der Waals surface area contributed by atoms with Gasteiger partial charge in [-0.15, -0.1) is 0 Å². The molecule has 1 N–H and O–H groups in total. The Morgan fingerprint density at radius 2 is 2.00 bits per heavy atom. The van der Waals surface area contributed by atoms with E-state index in [9.17, 15) is 4.79 Å². The molecule has 4 nitrogen and oxygen atoms in total. The van der Waals surface area contributed by atoms with Gasteiger partial charge in [-0.25, -0.2) is 0 Å². The molecule has 0 bridgehead atoms. The second-order valence-electron chi connectivity index (χ2n) is 5.49. The van der Waals surface area contributed by atoms with E-state index in [2.05, 4.69) is 5.32 Å². The molecule has 1 saturated carbocycles. The predicted molar refractivity (Wildman–Crippen MR) is 68.1 cm³/mol. The Kier molecular flexibility index (Phi) is 3.12. The van der Waals surface area contributed by atoms with Crippen LogP contribution in [0.4, 0.5) is 0 Å². The van der Waals surface area contributed by atoms with E-state index in [0.717, 1.165) is 32.5 Å². The first kappa shape index (κ1) is 11.8. The van der Waals surface area contributed by atoms with E-state index >= 15 is 0 Å². The molecule has 1 aliphatic heterocycles. The van der Waals surface area contributed by atoms with Crippen molar-refractivity contribution in [3.8, 4) is 0 Å². The number of aromatic nitrogens is 1. The standard InChI is InChI=1S/C14H20N2O2/c17-13(11-16-7-1-2-8-16)15-12-3-4-14(12)5-9-18-10-6-14/h1-2,7-8,12H,3-6,9-11H2,(H,15,17). The van der Waals surface area contributed by atoms with Gasteiger partial charge in [0.25, 0.3) is 0 Å². The van der Waals surface area contributed by atoms with Gasteiger partial charge in [0.2, 0.25) is 5.91 Å². The van der Waals surface area contributed by atoms with Crippen LogP contribution >= 0.6 is 0 Å². The van der Waals surface area contributed by atoms with Gasteiger partial charge in [0.15, 0.2) is 0 Å². The fourth-order valence-corrected chi connectivity index (χ4v) is 3.18. The molecule has 3 rings (SSSR count).